The number of aromatic nitrogens is 4. The monoisotopic (exact) mass is 585 g/mol. The van der Waals surface area contributed by atoms with E-state index in [4.69, 9.17) is 5.73 Å². The molecule has 1 fully saturated rings. The Kier molecular flexibility index (Phi) is 9.32. The molecule has 5 rings (SSSR count). The summed E-state index contributed by atoms with van der Waals surface area (Å²) in [5, 5.41) is 18.7. The third-order valence-corrected chi connectivity index (χ3v) is 8.12. The fourth-order valence-corrected chi connectivity index (χ4v) is 5.56. The smallest absolute Gasteiger partial charge is 0.281 e. The Morgan fingerprint density at radius 1 is 1.00 bits per heavy atom. The molecule has 11 heteroatoms. The fourth-order valence-electron chi connectivity index (χ4n) is 5.56. The maximum absolute atomic E-state index is 13.4. The van der Waals surface area contributed by atoms with Gasteiger partial charge in [0.2, 0.25) is 11.8 Å². The van der Waals surface area contributed by atoms with E-state index in [-0.39, 0.29) is 29.4 Å². The van der Waals surface area contributed by atoms with E-state index in [0.29, 0.717) is 75.9 Å². The molecule has 4 aromatic rings. The van der Waals surface area contributed by atoms with Crippen molar-refractivity contribution in [1.29, 1.82) is 0 Å². The number of benzene rings is 2. The third kappa shape index (κ3) is 7.18. The van der Waals surface area contributed by atoms with Crippen molar-refractivity contribution >= 4 is 22.8 Å². The predicted molar refractivity (Wildman–Crippen MR) is 164 cm³/mol. The van der Waals surface area contributed by atoms with E-state index in [9.17, 15) is 19.5 Å². The number of aryl methyl sites for hydroxylation is 2. The number of nitrogens with zero attached hydrogens (tertiary/aromatic N) is 5. The molecule has 0 atom stereocenters. The lowest BCUT2D eigenvalue weighted by Crippen LogP contribution is -2.49. The van der Waals surface area contributed by atoms with Crippen LogP contribution in [0.2, 0.25) is 0 Å². The van der Waals surface area contributed by atoms with Gasteiger partial charge in [-0.2, -0.15) is 5.10 Å². The molecule has 1 aliphatic heterocycles. The Balaban J connectivity index is 1.22. The van der Waals surface area contributed by atoms with E-state index in [1.54, 1.807) is 16.6 Å². The zero-order chi connectivity index (χ0) is 30.4. The van der Waals surface area contributed by atoms with Crippen molar-refractivity contribution in [2.75, 3.05) is 19.6 Å². The molecule has 43 heavy (non-hydrogen) atoms. The van der Waals surface area contributed by atoms with Crippen LogP contribution in [0, 0.1) is 0 Å². The van der Waals surface area contributed by atoms with Crippen molar-refractivity contribution in [2.45, 2.75) is 57.2 Å². The van der Waals surface area contributed by atoms with Crippen molar-refractivity contribution in [1.82, 2.24) is 29.5 Å². The molecule has 2 aromatic heterocycles. The van der Waals surface area contributed by atoms with Gasteiger partial charge < -0.3 is 21.1 Å². The molecule has 3 heterocycles. The van der Waals surface area contributed by atoms with Crippen molar-refractivity contribution in [3.8, 4) is 11.3 Å². The number of amides is 2. The van der Waals surface area contributed by atoms with Crippen LogP contribution in [-0.4, -0.2) is 66.4 Å². The largest absolute Gasteiger partial charge is 0.388 e. The summed E-state index contributed by atoms with van der Waals surface area (Å²) in [6.45, 7) is 1.86. The van der Waals surface area contributed by atoms with E-state index in [1.165, 1.54) is 10.9 Å². The van der Waals surface area contributed by atoms with Crippen molar-refractivity contribution in [3.63, 3.8) is 0 Å². The summed E-state index contributed by atoms with van der Waals surface area (Å²) in [7, 11) is 1.77. The molecule has 11 nitrogen and oxygen atoms in total. The Morgan fingerprint density at radius 2 is 1.72 bits per heavy atom. The van der Waals surface area contributed by atoms with E-state index in [2.05, 4.69) is 15.4 Å². The van der Waals surface area contributed by atoms with E-state index in [0.717, 1.165) is 16.7 Å². The number of hydrogen-bond donors (Lipinski definition) is 3. The quantitative estimate of drug-likeness (QED) is 0.244. The van der Waals surface area contributed by atoms with E-state index >= 15 is 0 Å². The molecule has 2 aromatic carbocycles. The third-order valence-electron chi connectivity index (χ3n) is 8.12. The number of hydrogen-bond acceptors (Lipinski definition) is 7. The molecule has 0 unspecified atom stereocenters. The molecule has 4 N–H and O–H groups in total. The van der Waals surface area contributed by atoms with Crippen LogP contribution in [0.1, 0.15) is 43.2 Å². The van der Waals surface area contributed by atoms with Crippen molar-refractivity contribution in [2.24, 2.45) is 12.8 Å². The van der Waals surface area contributed by atoms with Gasteiger partial charge in [0.1, 0.15) is 5.52 Å². The standard InChI is InChI=1S/C32H39N7O4/c1-37-30(25-12-9-24(10-13-25)20-34-26(40)8-5-17-33)28-29(36-37)31(42)39(22-35-28)21-32(43)15-18-38(19-16-32)27(41)14-11-23-6-3-2-4-7-23/h2-4,6-7,9-10,12-13,22,43H,5,8,11,14-21,33H2,1H3,(H,34,40). The van der Waals surface area contributed by atoms with Crippen LogP contribution in [0.25, 0.3) is 22.3 Å². The molecule has 1 aliphatic rings. The predicted octanol–water partition coefficient (Wildman–Crippen LogP) is 2.14. The first-order chi connectivity index (χ1) is 20.8. The molecule has 0 radical (unpaired) electrons. The van der Waals surface area contributed by atoms with Gasteiger partial charge in [-0.25, -0.2) is 4.98 Å². The first-order valence-corrected chi connectivity index (χ1v) is 14.8. The van der Waals surface area contributed by atoms with Crippen LogP contribution in [0.15, 0.2) is 65.7 Å². The molecule has 2 amide bonds. The number of carbonyl (C=O) groups is 2. The molecule has 1 saturated heterocycles. The average Bonchev–Trinajstić information content (AvgIpc) is 3.36. The number of likely N-dealkylation sites (tertiary alicyclic amines) is 1. The highest BCUT2D eigenvalue weighted by atomic mass is 16.3. The zero-order valence-electron chi connectivity index (χ0n) is 24.5. The minimum Gasteiger partial charge on any atom is -0.388 e. The normalized spacial score (nSPS) is 14.6. The molecular weight excluding hydrogens is 546 g/mol. The van der Waals surface area contributed by atoms with Gasteiger partial charge in [-0.15, -0.1) is 0 Å². The number of fused-ring (bicyclic) bond motifs is 1. The minimum absolute atomic E-state index is 0.0322. The number of carbonyl (C=O) groups excluding carboxylic acids is 2. The van der Waals surface area contributed by atoms with Gasteiger partial charge in [0.25, 0.3) is 5.56 Å². The fraction of sp³-hybridized carbons (Fsp3) is 0.406. The summed E-state index contributed by atoms with van der Waals surface area (Å²) >= 11 is 0. The van der Waals surface area contributed by atoms with Crippen LogP contribution < -0.4 is 16.6 Å². The second-order valence-electron chi connectivity index (χ2n) is 11.3. The Bertz CT molecular complexity index is 1620. The summed E-state index contributed by atoms with van der Waals surface area (Å²) in [4.78, 5) is 44.5. The van der Waals surface area contributed by atoms with Gasteiger partial charge in [-0.3, -0.25) is 23.6 Å². The highest BCUT2D eigenvalue weighted by molar-refractivity contribution is 5.89. The van der Waals surface area contributed by atoms with Gasteiger partial charge in [0.05, 0.1) is 24.2 Å². The first-order valence-electron chi connectivity index (χ1n) is 14.8. The second-order valence-corrected chi connectivity index (χ2v) is 11.3. The number of aliphatic hydroxyl groups is 1. The average molecular weight is 586 g/mol. The Labute approximate surface area is 250 Å². The highest BCUT2D eigenvalue weighted by Gasteiger charge is 2.35. The summed E-state index contributed by atoms with van der Waals surface area (Å²) in [6.07, 6.45) is 4.40. The van der Waals surface area contributed by atoms with E-state index < -0.39 is 5.60 Å². The topological polar surface area (TPSA) is 148 Å². The maximum atomic E-state index is 13.4. The molecular formula is C32H39N7O4. The molecule has 0 aliphatic carbocycles. The number of rotatable bonds is 11. The lowest BCUT2D eigenvalue weighted by atomic mass is 9.91. The van der Waals surface area contributed by atoms with Crippen LogP contribution in [0.5, 0.6) is 0 Å². The number of nitrogens with one attached hydrogen (secondary N) is 1. The Hall–Kier alpha value is -4.35. The van der Waals surface area contributed by atoms with Crippen molar-refractivity contribution < 1.29 is 14.7 Å². The lowest BCUT2D eigenvalue weighted by Gasteiger charge is -2.38. The van der Waals surface area contributed by atoms with Gasteiger partial charge in [0, 0.05) is 45.1 Å². The molecule has 0 bridgehead atoms. The SMILES string of the molecule is Cn1nc2c(=O)n(CC3(O)CCN(C(=O)CCc4ccccc4)CC3)cnc2c1-c1ccc(CNC(=O)CCCN)cc1. The number of piperidine rings is 1. The summed E-state index contributed by atoms with van der Waals surface area (Å²) in [6, 6.07) is 17.6. The lowest BCUT2D eigenvalue weighted by molar-refractivity contribution is -0.135. The molecule has 0 saturated carbocycles. The zero-order valence-corrected chi connectivity index (χ0v) is 24.5. The van der Waals surface area contributed by atoms with Gasteiger partial charge in [0.15, 0.2) is 5.52 Å². The maximum Gasteiger partial charge on any atom is 0.281 e. The van der Waals surface area contributed by atoms with Crippen molar-refractivity contribution in [3.05, 3.63) is 82.4 Å². The number of nitrogens with two attached hydrogens (primary N) is 1. The first kappa shape index (κ1) is 30.1. The van der Waals surface area contributed by atoms with Gasteiger partial charge >= 0.3 is 0 Å². The molecule has 0 spiro atoms. The minimum atomic E-state index is -1.12. The Morgan fingerprint density at radius 3 is 2.42 bits per heavy atom. The summed E-state index contributed by atoms with van der Waals surface area (Å²) in [5.41, 5.74) is 8.36. The van der Waals surface area contributed by atoms with Crippen LogP contribution in [0.3, 0.4) is 0 Å². The molecule has 226 valence electrons. The summed E-state index contributed by atoms with van der Waals surface area (Å²) < 4.78 is 3.06. The highest BCUT2D eigenvalue weighted by Crippen LogP contribution is 2.27. The summed E-state index contributed by atoms with van der Waals surface area (Å²) in [5.74, 6) is 0.0441. The second kappa shape index (κ2) is 13.3. The van der Waals surface area contributed by atoms with Crippen LogP contribution in [-0.2, 0) is 36.1 Å². The van der Waals surface area contributed by atoms with E-state index in [1.807, 2.05) is 54.6 Å². The van der Waals surface area contributed by atoms with Crippen LogP contribution in [0.4, 0.5) is 0 Å². The van der Waals surface area contributed by atoms with Gasteiger partial charge in [-0.1, -0.05) is 54.6 Å². The van der Waals surface area contributed by atoms with Gasteiger partial charge in [-0.05, 0) is 43.4 Å². The van der Waals surface area contributed by atoms with Crippen LogP contribution >= 0.6 is 0 Å².